The molecule has 130 valence electrons. The number of hydrogen-bond acceptors (Lipinski definition) is 5. The van der Waals surface area contributed by atoms with E-state index in [9.17, 15) is 4.79 Å². The molecule has 0 saturated heterocycles. The summed E-state index contributed by atoms with van der Waals surface area (Å²) in [6, 6.07) is 16.7. The van der Waals surface area contributed by atoms with Crippen LogP contribution in [0.2, 0.25) is 0 Å². The summed E-state index contributed by atoms with van der Waals surface area (Å²) in [7, 11) is 0. The SMILES string of the molecule is O=C(c1cnn(-c2ccccc2)n1)N(Cc1ccco1)Cc1ccco1. The molecule has 3 heterocycles. The van der Waals surface area contributed by atoms with Crippen LogP contribution in [0.1, 0.15) is 22.0 Å². The molecule has 0 fully saturated rings. The van der Waals surface area contributed by atoms with Crippen molar-refractivity contribution in [3.63, 3.8) is 0 Å². The van der Waals surface area contributed by atoms with Gasteiger partial charge in [0.1, 0.15) is 11.5 Å². The third kappa shape index (κ3) is 3.41. The summed E-state index contributed by atoms with van der Waals surface area (Å²) in [5.41, 5.74) is 1.04. The number of rotatable bonds is 6. The lowest BCUT2D eigenvalue weighted by Crippen LogP contribution is -2.30. The Balaban J connectivity index is 1.58. The molecule has 0 spiro atoms. The van der Waals surface area contributed by atoms with E-state index in [1.165, 1.54) is 11.0 Å². The van der Waals surface area contributed by atoms with E-state index in [4.69, 9.17) is 8.83 Å². The van der Waals surface area contributed by atoms with Crippen LogP contribution < -0.4 is 0 Å². The zero-order chi connectivity index (χ0) is 17.8. The van der Waals surface area contributed by atoms with Crippen molar-refractivity contribution in [2.45, 2.75) is 13.1 Å². The van der Waals surface area contributed by atoms with Gasteiger partial charge in [0.05, 0.1) is 37.5 Å². The molecule has 0 atom stereocenters. The number of hydrogen-bond donors (Lipinski definition) is 0. The Morgan fingerprint density at radius 2 is 1.58 bits per heavy atom. The van der Waals surface area contributed by atoms with E-state index in [2.05, 4.69) is 10.2 Å². The first kappa shape index (κ1) is 15.9. The van der Waals surface area contributed by atoms with E-state index in [-0.39, 0.29) is 11.6 Å². The predicted molar refractivity (Wildman–Crippen MR) is 92.4 cm³/mol. The molecular weight excluding hydrogens is 332 g/mol. The first-order chi connectivity index (χ1) is 12.8. The summed E-state index contributed by atoms with van der Waals surface area (Å²) < 4.78 is 10.8. The summed E-state index contributed by atoms with van der Waals surface area (Å²) in [5.74, 6) is 1.11. The Bertz CT molecular complexity index is 923. The van der Waals surface area contributed by atoms with Crippen molar-refractivity contribution >= 4 is 5.91 Å². The number of furan rings is 2. The Labute approximate surface area is 149 Å². The first-order valence-electron chi connectivity index (χ1n) is 8.11. The minimum absolute atomic E-state index is 0.250. The molecule has 0 radical (unpaired) electrons. The molecule has 0 aliphatic heterocycles. The van der Waals surface area contributed by atoms with Gasteiger partial charge in [-0.25, -0.2) is 0 Å². The van der Waals surface area contributed by atoms with Crippen LogP contribution in [0.15, 0.2) is 82.2 Å². The minimum atomic E-state index is -0.250. The van der Waals surface area contributed by atoms with Gasteiger partial charge in [0.25, 0.3) is 5.91 Å². The molecule has 4 aromatic rings. The fraction of sp³-hybridized carbons (Fsp3) is 0.105. The molecule has 0 aliphatic carbocycles. The van der Waals surface area contributed by atoms with Crippen LogP contribution >= 0.6 is 0 Å². The van der Waals surface area contributed by atoms with Gasteiger partial charge < -0.3 is 13.7 Å². The van der Waals surface area contributed by atoms with Crippen LogP contribution in [0, 0.1) is 0 Å². The highest BCUT2D eigenvalue weighted by atomic mass is 16.3. The average molecular weight is 348 g/mol. The summed E-state index contributed by atoms with van der Waals surface area (Å²) in [4.78, 5) is 16.0. The lowest BCUT2D eigenvalue weighted by atomic mass is 10.3. The lowest BCUT2D eigenvalue weighted by Gasteiger charge is -2.19. The molecule has 1 aromatic carbocycles. The van der Waals surface area contributed by atoms with Crippen molar-refractivity contribution in [2.75, 3.05) is 0 Å². The van der Waals surface area contributed by atoms with Crippen LogP contribution in [0.25, 0.3) is 5.69 Å². The largest absolute Gasteiger partial charge is 0.467 e. The number of benzene rings is 1. The Hall–Kier alpha value is -3.61. The lowest BCUT2D eigenvalue weighted by molar-refractivity contribution is 0.0698. The van der Waals surface area contributed by atoms with Crippen LogP contribution in [-0.4, -0.2) is 25.8 Å². The summed E-state index contributed by atoms with van der Waals surface area (Å²) in [6.07, 6.45) is 4.62. The molecule has 7 heteroatoms. The molecule has 0 aliphatic rings. The second kappa shape index (κ2) is 7.10. The molecule has 26 heavy (non-hydrogen) atoms. The van der Waals surface area contributed by atoms with E-state index in [1.54, 1.807) is 29.6 Å². The van der Waals surface area contributed by atoms with Gasteiger partial charge in [-0.05, 0) is 36.4 Å². The van der Waals surface area contributed by atoms with Crippen molar-refractivity contribution in [2.24, 2.45) is 0 Å². The van der Waals surface area contributed by atoms with Crippen LogP contribution in [-0.2, 0) is 13.1 Å². The number of amides is 1. The van der Waals surface area contributed by atoms with Crippen molar-refractivity contribution in [1.29, 1.82) is 0 Å². The highest BCUT2D eigenvalue weighted by Gasteiger charge is 2.22. The van der Waals surface area contributed by atoms with Gasteiger partial charge in [-0.15, -0.1) is 5.10 Å². The Morgan fingerprint density at radius 1 is 0.923 bits per heavy atom. The molecular formula is C19H16N4O3. The average Bonchev–Trinajstić information content (AvgIpc) is 3.44. The van der Waals surface area contributed by atoms with Crippen molar-refractivity contribution in [1.82, 2.24) is 19.9 Å². The van der Waals surface area contributed by atoms with Gasteiger partial charge in [0.2, 0.25) is 0 Å². The van der Waals surface area contributed by atoms with Gasteiger partial charge in [-0.3, -0.25) is 4.79 Å². The molecule has 0 saturated carbocycles. The first-order valence-corrected chi connectivity index (χ1v) is 8.11. The van der Waals surface area contributed by atoms with E-state index in [0.717, 1.165) is 5.69 Å². The number of aromatic nitrogens is 3. The monoisotopic (exact) mass is 348 g/mol. The van der Waals surface area contributed by atoms with Gasteiger partial charge in [0, 0.05) is 0 Å². The van der Waals surface area contributed by atoms with Crippen LogP contribution in [0.5, 0.6) is 0 Å². The van der Waals surface area contributed by atoms with Crippen LogP contribution in [0.4, 0.5) is 0 Å². The normalized spacial score (nSPS) is 10.8. The van der Waals surface area contributed by atoms with Crippen LogP contribution in [0.3, 0.4) is 0 Å². The highest BCUT2D eigenvalue weighted by molar-refractivity contribution is 5.91. The molecule has 3 aromatic heterocycles. The fourth-order valence-electron chi connectivity index (χ4n) is 2.59. The van der Waals surface area contributed by atoms with Gasteiger partial charge in [0.15, 0.2) is 5.69 Å². The zero-order valence-electron chi connectivity index (χ0n) is 13.9. The smallest absolute Gasteiger partial charge is 0.276 e. The van der Waals surface area contributed by atoms with E-state index >= 15 is 0 Å². The Kier molecular flexibility index (Phi) is 4.34. The second-order valence-corrected chi connectivity index (χ2v) is 5.67. The van der Waals surface area contributed by atoms with E-state index in [0.29, 0.717) is 24.6 Å². The number of carbonyl (C=O) groups excluding carboxylic acids is 1. The minimum Gasteiger partial charge on any atom is -0.467 e. The topological polar surface area (TPSA) is 77.3 Å². The van der Waals surface area contributed by atoms with Gasteiger partial charge >= 0.3 is 0 Å². The molecule has 4 rings (SSSR count). The molecule has 0 bridgehead atoms. The van der Waals surface area contributed by atoms with E-state index < -0.39 is 0 Å². The zero-order valence-corrected chi connectivity index (χ0v) is 13.9. The molecule has 0 N–H and O–H groups in total. The molecule has 1 amide bonds. The third-order valence-electron chi connectivity index (χ3n) is 3.84. The maximum atomic E-state index is 13.0. The predicted octanol–water partition coefficient (Wildman–Crippen LogP) is 3.30. The second-order valence-electron chi connectivity index (χ2n) is 5.67. The van der Waals surface area contributed by atoms with Crippen molar-refractivity contribution < 1.29 is 13.6 Å². The van der Waals surface area contributed by atoms with Crippen molar-refractivity contribution in [3.8, 4) is 5.69 Å². The van der Waals surface area contributed by atoms with Crippen molar-refractivity contribution in [3.05, 3.63) is 90.5 Å². The third-order valence-corrected chi connectivity index (χ3v) is 3.84. The standard InChI is InChI=1S/C19H16N4O3/c24-19(18-12-20-23(21-18)15-6-2-1-3-7-15)22(13-16-8-4-10-25-16)14-17-9-5-11-26-17/h1-12H,13-14H2. The summed E-state index contributed by atoms with van der Waals surface area (Å²) in [5, 5.41) is 8.51. The number of nitrogens with zero attached hydrogens (tertiary/aromatic N) is 4. The fourth-order valence-corrected chi connectivity index (χ4v) is 2.59. The maximum absolute atomic E-state index is 13.0. The maximum Gasteiger partial charge on any atom is 0.276 e. The quantitative estimate of drug-likeness (QED) is 0.534. The Morgan fingerprint density at radius 3 is 2.15 bits per heavy atom. The number of carbonyl (C=O) groups is 1. The van der Waals surface area contributed by atoms with E-state index in [1.807, 2.05) is 42.5 Å². The van der Waals surface area contributed by atoms with Gasteiger partial charge in [-0.2, -0.15) is 9.90 Å². The summed E-state index contributed by atoms with van der Waals surface area (Å²) >= 11 is 0. The summed E-state index contributed by atoms with van der Waals surface area (Å²) in [6.45, 7) is 0.620. The van der Waals surface area contributed by atoms with Gasteiger partial charge in [-0.1, -0.05) is 18.2 Å². The highest BCUT2D eigenvalue weighted by Crippen LogP contribution is 2.14. The number of para-hydroxylation sites is 1. The molecule has 7 nitrogen and oxygen atoms in total. The molecule has 0 unspecified atom stereocenters.